The van der Waals surface area contributed by atoms with Crippen LogP contribution in [0.3, 0.4) is 0 Å². The minimum Gasteiger partial charge on any atom is -0.366 e. The van der Waals surface area contributed by atoms with Crippen LogP contribution >= 0.6 is 0 Å². The van der Waals surface area contributed by atoms with Gasteiger partial charge in [0.15, 0.2) is 6.29 Å². The van der Waals surface area contributed by atoms with Crippen LogP contribution in [-0.2, 0) is 4.74 Å². The zero-order valence-corrected chi connectivity index (χ0v) is 9.59. The van der Waals surface area contributed by atoms with E-state index in [9.17, 15) is 4.79 Å². The summed E-state index contributed by atoms with van der Waals surface area (Å²) < 4.78 is 5.66. The summed E-state index contributed by atoms with van der Waals surface area (Å²) in [4.78, 5) is 17.7. The summed E-state index contributed by atoms with van der Waals surface area (Å²) in [7, 11) is 0. The Labute approximate surface area is 99.7 Å². The molecule has 0 aliphatic heterocycles. The van der Waals surface area contributed by atoms with Gasteiger partial charge in [0.05, 0.1) is 11.9 Å². The van der Waals surface area contributed by atoms with Crippen molar-refractivity contribution in [2.45, 2.75) is 13.0 Å². The predicted molar refractivity (Wildman–Crippen MR) is 63.9 cm³/mol. The first kappa shape index (κ1) is 11.5. The molecule has 0 aliphatic rings. The van der Waals surface area contributed by atoms with Gasteiger partial charge in [-0.1, -0.05) is 30.3 Å². The second-order valence-electron chi connectivity index (χ2n) is 3.59. The molecule has 17 heavy (non-hydrogen) atoms. The van der Waals surface area contributed by atoms with Crippen LogP contribution in [0.15, 0.2) is 36.5 Å². The van der Waals surface area contributed by atoms with Gasteiger partial charge in [0, 0.05) is 6.61 Å². The summed E-state index contributed by atoms with van der Waals surface area (Å²) in [5, 5.41) is 0. The molecule has 88 valence electrons. The van der Waals surface area contributed by atoms with Gasteiger partial charge in [-0.05, 0) is 12.5 Å². The third-order valence-electron chi connectivity index (χ3n) is 2.43. The lowest BCUT2D eigenvalue weighted by molar-refractivity contribution is 0.0856. The molecule has 0 saturated carbocycles. The first-order valence-electron chi connectivity index (χ1n) is 5.51. The van der Waals surface area contributed by atoms with Gasteiger partial charge >= 0.3 is 0 Å². The van der Waals surface area contributed by atoms with Crippen LogP contribution in [0.2, 0.25) is 0 Å². The Bertz CT molecular complexity index is 479. The van der Waals surface area contributed by atoms with Crippen molar-refractivity contribution in [1.29, 1.82) is 0 Å². The summed E-state index contributed by atoms with van der Waals surface area (Å²) >= 11 is 0. The largest absolute Gasteiger partial charge is 0.366 e. The zero-order chi connectivity index (χ0) is 12.1. The van der Waals surface area contributed by atoms with E-state index in [4.69, 9.17) is 4.74 Å². The Kier molecular flexibility index (Phi) is 3.67. The number of aromatic nitrogens is 2. The highest BCUT2D eigenvalue weighted by Gasteiger charge is 2.17. The average molecular weight is 230 g/mol. The van der Waals surface area contributed by atoms with Crippen LogP contribution < -0.4 is 0 Å². The topological polar surface area (TPSA) is 55.0 Å². The number of hydrogen-bond donors (Lipinski definition) is 1. The Hall–Kier alpha value is -1.94. The van der Waals surface area contributed by atoms with Gasteiger partial charge in [0.25, 0.3) is 0 Å². The lowest BCUT2D eigenvalue weighted by atomic mass is 10.1. The molecule has 0 radical (unpaired) electrons. The molecule has 1 atom stereocenters. The van der Waals surface area contributed by atoms with Gasteiger partial charge in [-0.2, -0.15) is 0 Å². The number of rotatable bonds is 5. The monoisotopic (exact) mass is 230 g/mol. The SMILES string of the molecule is CCOC(c1ccccc1)c1ncc(C=O)[nH]1. The van der Waals surface area contributed by atoms with Gasteiger partial charge in [0.2, 0.25) is 0 Å². The third-order valence-corrected chi connectivity index (χ3v) is 2.43. The average Bonchev–Trinajstić information content (AvgIpc) is 2.85. The number of benzene rings is 1. The molecule has 1 N–H and O–H groups in total. The summed E-state index contributed by atoms with van der Waals surface area (Å²) in [5.74, 6) is 0.653. The molecular weight excluding hydrogens is 216 g/mol. The number of ether oxygens (including phenoxy) is 1. The Morgan fingerprint density at radius 1 is 1.41 bits per heavy atom. The maximum atomic E-state index is 10.6. The van der Waals surface area contributed by atoms with Crippen LogP contribution in [0.4, 0.5) is 0 Å². The van der Waals surface area contributed by atoms with E-state index in [1.54, 1.807) is 0 Å². The molecule has 1 unspecified atom stereocenters. The quantitative estimate of drug-likeness (QED) is 0.802. The van der Waals surface area contributed by atoms with Crippen LogP contribution in [0.5, 0.6) is 0 Å². The standard InChI is InChI=1S/C13H14N2O2/c1-2-17-12(10-6-4-3-5-7-10)13-14-8-11(9-16)15-13/h3-9,12H,2H2,1H3,(H,14,15). The Morgan fingerprint density at radius 3 is 2.76 bits per heavy atom. The van der Waals surface area contributed by atoms with E-state index in [1.165, 1.54) is 6.20 Å². The van der Waals surface area contributed by atoms with E-state index in [0.717, 1.165) is 11.8 Å². The van der Waals surface area contributed by atoms with Crippen molar-refractivity contribution in [3.05, 3.63) is 53.6 Å². The normalized spacial score (nSPS) is 12.3. The maximum Gasteiger partial charge on any atom is 0.167 e. The number of hydrogen-bond acceptors (Lipinski definition) is 3. The molecule has 2 aromatic rings. The van der Waals surface area contributed by atoms with E-state index in [0.29, 0.717) is 18.1 Å². The van der Waals surface area contributed by atoms with Crippen molar-refractivity contribution in [2.75, 3.05) is 6.61 Å². The van der Waals surface area contributed by atoms with Crippen LogP contribution in [0.25, 0.3) is 0 Å². The lowest BCUT2D eigenvalue weighted by Gasteiger charge is -2.14. The second kappa shape index (κ2) is 5.41. The Balaban J connectivity index is 2.31. The maximum absolute atomic E-state index is 10.6. The van der Waals surface area contributed by atoms with Gasteiger partial charge < -0.3 is 9.72 Å². The predicted octanol–water partition coefficient (Wildman–Crippen LogP) is 2.35. The second-order valence-corrected chi connectivity index (χ2v) is 3.59. The van der Waals surface area contributed by atoms with Crippen molar-refractivity contribution in [1.82, 2.24) is 9.97 Å². The summed E-state index contributed by atoms with van der Waals surface area (Å²) in [6.45, 7) is 2.51. The summed E-state index contributed by atoms with van der Waals surface area (Å²) in [6.07, 6.45) is 2.00. The lowest BCUT2D eigenvalue weighted by Crippen LogP contribution is -2.08. The highest BCUT2D eigenvalue weighted by molar-refractivity contribution is 5.71. The highest BCUT2D eigenvalue weighted by atomic mass is 16.5. The fraction of sp³-hybridized carbons (Fsp3) is 0.231. The van der Waals surface area contributed by atoms with Crippen molar-refractivity contribution in [3.8, 4) is 0 Å². The molecule has 1 aromatic heterocycles. The molecule has 4 heteroatoms. The van der Waals surface area contributed by atoms with Crippen molar-refractivity contribution < 1.29 is 9.53 Å². The van der Waals surface area contributed by atoms with Crippen molar-refractivity contribution in [3.63, 3.8) is 0 Å². The number of nitrogens with zero attached hydrogens (tertiary/aromatic N) is 1. The van der Waals surface area contributed by atoms with Gasteiger partial charge in [-0.3, -0.25) is 4.79 Å². The Morgan fingerprint density at radius 2 is 2.18 bits per heavy atom. The first-order chi connectivity index (χ1) is 8.35. The summed E-state index contributed by atoms with van der Waals surface area (Å²) in [6, 6.07) is 9.80. The molecule has 4 nitrogen and oxygen atoms in total. The van der Waals surface area contributed by atoms with Crippen molar-refractivity contribution >= 4 is 6.29 Å². The van der Waals surface area contributed by atoms with Crippen LogP contribution in [0, 0.1) is 0 Å². The first-order valence-corrected chi connectivity index (χ1v) is 5.51. The number of carbonyl (C=O) groups excluding carboxylic acids is 1. The number of nitrogens with one attached hydrogen (secondary N) is 1. The van der Waals surface area contributed by atoms with E-state index in [-0.39, 0.29) is 6.10 Å². The fourth-order valence-corrected chi connectivity index (χ4v) is 1.67. The molecule has 0 bridgehead atoms. The highest BCUT2D eigenvalue weighted by Crippen LogP contribution is 2.23. The molecule has 0 aliphatic carbocycles. The van der Waals surface area contributed by atoms with Crippen LogP contribution in [-0.4, -0.2) is 22.9 Å². The number of aldehydes is 1. The molecule has 2 rings (SSSR count). The smallest absolute Gasteiger partial charge is 0.167 e. The van der Waals surface area contributed by atoms with E-state index < -0.39 is 0 Å². The van der Waals surface area contributed by atoms with Crippen LogP contribution in [0.1, 0.15) is 34.9 Å². The fourth-order valence-electron chi connectivity index (χ4n) is 1.67. The van der Waals surface area contributed by atoms with E-state index in [2.05, 4.69) is 9.97 Å². The molecule has 0 amide bonds. The number of imidazole rings is 1. The van der Waals surface area contributed by atoms with Gasteiger partial charge in [-0.25, -0.2) is 4.98 Å². The van der Waals surface area contributed by atoms with E-state index >= 15 is 0 Å². The molecule has 0 fully saturated rings. The summed E-state index contributed by atoms with van der Waals surface area (Å²) in [5.41, 5.74) is 1.47. The van der Waals surface area contributed by atoms with Gasteiger partial charge in [-0.15, -0.1) is 0 Å². The molecule has 1 aromatic carbocycles. The molecule has 1 heterocycles. The minimum atomic E-state index is -0.255. The van der Waals surface area contributed by atoms with Crippen molar-refractivity contribution in [2.24, 2.45) is 0 Å². The number of H-pyrrole nitrogens is 1. The third kappa shape index (κ3) is 2.60. The van der Waals surface area contributed by atoms with E-state index in [1.807, 2.05) is 37.3 Å². The molecule has 0 saturated heterocycles. The molecular formula is C13H14N2O2. The molecule has 0 spiro atoms. The number of aromatic amines is 1. The number of carbonyl (C=O) groups is 1. The van der Waals surface area contributed by atoms with Gasteiger partial charge in [0.1, 0.15) is 11.9 Å². The zero-order valence-electron chi connectivity index (χ0n) is 9.59. The minimum absolute atomic E-state index is 0.255.